The van der Waals surface area contributed by atoms with E-state index in [1.165, 1.54) is 4.88 Å². The predicted molar refractivity (Wildman–Crippen MR) is 52.0 cm³/mol. The summed E-state index contributed by atoms with van der Waals surface area (Å²) in [6.07, 6.45) is 0. The zero-order chi connectivity index (χ0) is 8.39. The fourth-order valence-electron chi connectivity index (χ4n) is 0.935. The molecular formula is C8H9N2S2+. The smallest absolute Gasteiger partial charge is 0.133 e. The van der Waals surface area contributed by atoms with E-state index in [2.05, 4.69) is 27.5 Å². The maximum Gasteiger partial charge on any atom is 0.133 e. The van der Waals surface area contributed by atoms with Gasteiger partial charge in [-0.25, -0.2) is 4.98 Å². The van der Waals surface area contributed by atoms with Crippen LogP contribution in [0.1, 0.15) is 5.69 Å². The normalized spacial score (nSPS) is 10.4. The van der Waals surface area contributed by atoms with Crippen LogP contribution in [0.4, 0.5) is 0 Å². The lowest BCUT2D eigenvalue weighted by molar-refractivity contribution is -0.387. The van der Waals surface area contributed by atoms with Crippen molar-refractivity contribution >= 4 is 22.7 Å². The van der Waals surface area contributed by atoms with Gasteiger partial charge < -0.3 is 5.73 Å². The Kier molecular flexibility index (Phi) is 2.21. The van der Waals surface area contributed by atoms with E-state index in [1.807, 2.05) is 6.07 Å². The van der Waals surface area contributed by atoms with Gasteiger partial charge in [0.25, 0.3) is 0 Å². The molecule has 0 bridgehead atoms. The molecule has 0 amide bonds. The lowest BCUT2D eigenvalue weighted by Crippen LogP contribution is -2.47. The third-order valence-electron chi connectivity index (χ3n) is 1.54. The minimum atomic E-state index is 0.780. The van der Waals surface area contributed by atoms with Gasteiger partial charge in [-0.15, -0.1) is 22.7 Å². The van der Waals surface area contributed by atoms with E-state index in [0.29, 0.717) is 0 Å². The van der Waals surface area contributed by atoms with Crippen LogP contribution in [0.15, 0.2) is 22.9 Å². The molecule has 0 aromatic carbocycles. The highest BCUT2D eigenvalue weighted by molar-refractivity contribution is 7.20. The van der Waals surface area contributed by atoms with Gasteiger partial charge in [0, 0.05) is 5.38 Å². The summed E-state index contributed by atoms with van der Waals surface area (Å²) in [5.74, 6) is 0. The molecule has 0 unspecified atom stereocenters. The Hall–Kier alpha value is -0.710. The molecule has 0 aliphatic carbocycles. The van der Waals surface area contributed by atoms with Crippen LogP contribution in [0.25, 0.3) is 9.88 Å². The summed E-state index contributed by atoms with van der Waals surface area (Å²) in [7, 11) is 0. The Balaban J connectivity index is 2.35. The number of thiophene rings is 1. The summed E-state index contributed by atoms with van der Waals surface area (Å²) >= 11 is 3.42. The molecule has 2 rings (SSSR count). The number of thiazole rings is 1. The van der Waals surface area contributed by atoms with Crippen molar-refractivity contribution in [1.82, 2.24) is 4.98 Å². The summed E-state index contributed by atoms with van der Waals surface area (Å²) in [4.78, 5) is 5.69. The first-order chi connectivity index (χ1) is 5.90. The summed E-state index contributed by atoms with van der Waals surface area (Å²) in [6.45, 7) is 0.780. The largest absolute Gasteiger partial charge is 0.353 e. The van der Waals surface area contributed by atoms with Crippen molar-refractivity contribution in [3.63, 3.8) is 0 Å². The SMILES string of the molecule is [NH3+]Cc1csc(-c2cccs2)n1. The summed E-state index contributed by atoms with van der Waals surface area (Å²) in [5, 5.41) is 5.26. The number of quaternary nitrogens is 1. The van der Waals surface area contributed by atoms with Crippen molar-refractivity contribution in [1.29, 1.82) is 0 Å². The van der Waals surface area contributed by atoms with Crippen molar-refractivity contribution in [3.8, 4) is 9.88 Å². The molecule has 0 spiro atoms. The Morgan fingerprint density at radius 2 is 2.33 bits per heavy atom. The van der Waals surface area contributed by atoms with E-state index in [9.17, 15) is 0 Å². The fraction of sp³-hybridized carbons (Fsp3) is 0.125. The highest BCUT2D eigenvalue weighted by Crippen LogP contribution is 2.27. The maximum atomic E-state index is 4.44. The van der Waals surface area contributed by atoms with Crippen LogP contribution in [0.5, 0.6) is 0 Å². The van der Waals surface area contributed by atoms with Gasteiger partial charge in [0.2, 0.25) is 0 Å². The number of nitrogens with zero attached hydrogens (tertiary/aromatic N) is 1. The topological polar surface area (TPSA) is 40.5 Å². The minimum Gasteiger partial charge on any atom is -0.353 e. The Bertz CT molecular complexity index is 351. The number of rotatable bonds is 2. The molecule has 62 valence electrons. The first kappa shape index (κ1) is 7.91. The van der Waals surface area contributed by atoms with Crippen LogP contribution < -0.4 is 5.73 Å². The predicted octanol–water partition coefficient (Wildman–Crippen LogP) is 1.61. The standard InChI is InChI=1S/C8H8N2S2/c9-4-6-5-12-8(10-6)7-2-1-3-11-7/h1-3,5H,4,9H2/p+1. The van der Waals surface area contributed by atoms with Crippen molar-refractivity contribution < 1.29 is 5.73 Å². The van der Waals surface area contributed by atoms with Crippen LogP contribution in [0.3, 0.4) is 0 Å². The molecule has 0 aliphatic rings. The Labute approximate surface area is 78.7 Å². The van der Waals surface area contributed by atoms with Crippen molar-refractivity contribution in [2.75, 3.05) is 0 Å². The minimum absolute atomic E-state index is 0.780. The van der Waals surface area contributed by atoms with Gasteiger partial charge in [0.05, 0.1) is 4.88 Å². The van der Waals surface area contributed by atoms with Crippen LogP contribution in [0.2, 0.25) is 0 Å². The van der Waals surface area contributed by atoms with Gasteiger partial charge in [-0.1, -0.05) is 6.07 Å². The first-order valence-corrected chi connectivity index (χ1v) is 5.43. The summed E-state index contributed by atoms with van der Waals surface area (Å²) in [5.41, 5.74) is 4.88. The quantitative estimate of drug-likeness (QED) is 0.780. The Morgan fingerprint density at radius 3 is 2.92 bits per heavy atom. The molecule has 2 aromatic rings. The molecule has 0 radical (unpaired) electrons. The number of hydrogen-bond acceptors (Lipinski definition) is 3. The molecule has 2 aromatic heterocycles. The van der Waals surface area contributed by atoms with Crippen molar-refractivity contribution in [2.45, 2.75) is 6.54 Å². The second kappa shape index (κ2) is 3.35. The van der Waals surface area contributed by atoms with Crippen LogP contribution in [-0.2, 0) is 6.54 Å². The number of aromatic nitrogens is 1. The maximum absolute atomic E-state index is 4.44. The van der Waals surface area contributed by atoms with Crippen LogP contribution in [-0.4, -0.2) is 4.98 Å². The summed E-state index contributed by atoms with van der Waals surface area (Å²) in [6, 6.07) is 4.14. The van der Waals surface area contributed by atoms with Gasteiger partial charge in [-0.3, -0.25) is 0 Å². The van der Waals surface area contributed by atoms with E-state index in [4.69, 9.17) is 0 Å². The van der Waals surface area contributed by atoms with E-state index < -0.39 is 0 Å². The lowest BCUT2D eigenvalue weighted by atomic mass is 10.4. The van der Waals surface area contributed by atoms with Gasteiger partial charge in [-0.05, 0) is 11.4 Å². The van der Waals surface area contributed by atoms with Gasteiger partial charge in [0.1, 0.15) is 17.2 Å². The van der Waals surface area contributed by atoms with Gasteiger partial charge in [0.15, 0.2) is 0 Å². The van der Waals surface area contributed by atoms with Crippen LogP contribution in [0, 0.1) is 0 Å². The molecule has 0 atom stereocenters. The fourth-order valence-corrected chi connectivity index (χ4v) is 2.60. The average molecular weight is 197 g/mol. The molecule has 0 saturated heterocycles. The van der Waals surface area contributed by atoms with Gasteiger partial charge in [-0.2, -0.15) is 0 Å². The first-order valence-electron chi connectivity index (χ1n) is 3.67. The monoisotopic (exact) mass is 197 g/mol. The molecule has 12 heavy (non-hydrogen) atoms. The van der Waals surface area contributed by atoms with Crippen LogP contribution >= 0.6 is 22.7 Å². The van der Waals surface area contributed by atoms with Crippen molar-refractivity contribution in [2.24, 2.45) is 0 Å². The summed E-state index contributed by atoms with van der Waals surface area (Å²) < 4.78 is 0. The van der Waals surface area contributed by atoms with Crippen molar-refractivity contribution in [3.05, 3.63) is 28.6 Å². The highest BCUT2D eigenvalue weighted by Gasteiger charge is 2.04. The number of hydrogen-bond donors (Lipinski definition) is 1. The highest BCUT2D eigenvalue weighted by atomic mass is 32.1. The third-order valence-corrected chi connectivity index (χ3v) is 3.47. The van der Waals surface area contributed by atoms with Gasteiger partial charge >= 0.3 is 0 Å². The van der Waals surface area contributed by atoms with E-state index in [-0.39, 0.29) is 0 Å². The zero-order valence-corrected chi connectivity index (χ0v) is 8.12. The lowest BCUT2D eigenvalue weighted by Gasteiger charge is -1.85. The zero-order valence-electron chi connectivity index (χ0n) is 6.49. The third kappa shape index (κ3) is 1.41. The van der Waals surface area contributed by atoms with E-state index >= 15 is 0 Å². The molecular weight excluding hydrogens is 188 g/mol. The molecule has 3 N–H and O–H groups in total. The second-order valence-corrected chi connectivity index (χ2v) is 4.18. The molecule has 4 heteroatoms. The molecule has 2 nitrogen and oxygen atoms in total. The second-order valence-electron chi connectivity index (χ2n) is 2.37. The molecule has 2 heterocycles. The molecule has 0 saturated carbocycles. The van der Waals surface area contributed by atoms with E-state index in [0.717, 1.165) is 17.2 Å². The Morgan fingerprint density at radius 1 is 1.42 bits per heavy atom. The van der Waals surface area contributed by atoms with E-state index in [1.54, 1.807) is 22.7 Å². The average Bonchev–Trinajstić information content (AvgIpc) is 2.75. The molecule has 0 aliphatic heterocycles. The molecule has 0 fully saturated rings.